The number of nitrogens with zero attached hydrogens (tertiary/aromatic N) is 4. The average molecular weight is 490 g/mol. The molecule has 12 heteroatoms. The molecule has 0 saturated carbocycles. The highest BCUT2D eigenvalue weighted by Gasteiger charge is 2.19. The fourth-order valence-electron chi connectivity index (χ4n) is 3.20. The lowest BCUT2D eigenvalue weighted by atomic mass is 10.3. The van der Waals surface area contributed by atoms with Crippen LogP contribution in [0.4, 0.5) is 14.5 Å². The highest BCUT2D eigenvalue weighted by Crippen LogP contribution is 2.25. The Balaban J connectivity index is 1.46. The van der Waals surface area contributed by atoms with Crippen LogP contribution >= 0.6 is 34.4 Å². The van der Waals surface area contributed by atoms with E-state index in [1.165, 1.54) is 22.7 Å². The molecule has 7 nitrogen and oxygen atoms in total. The molecule has 4 aromatic heterocycles. The van der Waals surface area contributed by atoms with E-state index in [0.29, 0.717) is 27.7 Å². The maximum atomic E-state index is 13.8. The molecule has 1 amide bonds. The minimum absolute atomic E-state index is 0.105. The number of rotatable bonds is 6. The number of aromatic nitrogens is 4. The molecule has 0 aliphatic heterocycles. The molecule has 0 saturated heterocycles. The summed E-state index contributed by atoms with van der Waals surface area (Å²) in [4.78, 5) is 26.3. The Kier molecular flexibility index (Phi) is 5.49. The fourth-order valence-corrected chi connectivity index (χ4v) is 5.46. The molecule has 5 rings (SSSR count). The van der Waals surface area contributed by atoms with E-state index in [1.807, 2.05) is 22.9 Å². The van der Waals surface area contributed by atoms with Crippen molar-refractivity contribution >= 4 is 62.0 Å². The molecule has 0 aliphatic rings. The minimum atomic E-state index is -0.727. The van der Waals surface area contributed by atoms with Gasteiger partial charge in [0.2, 0.25) is 11.7 Å². The van der Waals surface area contributed by atoms with Crippen LogP contribution in [0.3, 0.4) is 0 Å². The Morgan fingerprint density at radius 2 is 2.00 bits per heavy atom. The second-order valence-electron chi connectivity index (χ2n) is 6.68. The second kappa shape index (κ2) is 8.45. The van der Waals surface area contributed by atoms with Gasteiger partial charge in [0.1, 0.15) is 16.3 Å². The molecule has 0 spiro atoms. The summed E-state index contributed by atoms with van der Waals surface area (Å²) in [5.74, 6) is -1.64. The van der Waals surface area contributed by atoms with Crippen LogP contribution in [0.15, 0.2) is 57.1 Å². The first-order chi connectivity index (χ1) is 15.5. The van der Waals surface area contributed by atoms with Crippen LogP contribution in [-0.4, -0.2) is 30.8 Å². The van der Waals surface area contributed by atoms with Crippen LogP contribution in [-0.2, 0) is 11.3 Å². The lowest BCUT2D eigenvalue weighted by Crippen LogP contribution is -2.22. The summed E-state index contributed by atoms with van der Waals surface area (Å²) in [6.45, 7) is 0.357. The number of fused-ring (bicyclic) bond motifs is 3. The molecule has 162 valence electrons. The van der Waals surface area contributed by atoms with E-state index >= 15 is 0 Å². The molecule has 0 atom stereocenters. The maximum absolute atomic E-state index is 13.8. The lowest BCUT2D eigenvalue weighted by molar-refractivity contribution is -0.113. The highest BCUT2D eigenvalue weighted by molar-refractivity contribution is 7.99. The quantitative estimate of drug-likeness (QED) is 0.361. The van der Waals surface area contributed by atoms with Gasteiger partial charge in [0.15, 0.2) is 5.16 Å². The summed E-state index contributed by atoms with van der Waals surface area (Å²) in [6, 6.07) is 8.50. The molecule has 0 unspecified atom stereocenters. The molecule has 4 heterocycles. The number of nitrogens with one attached hydrogen (secondary N) is 1. The zero-order chi connectivity index (χ0) is 22.2. The Morgan fingerprint density at radius 3 is 2.81 bits per heavy atom. The second-order valence-corrected chi connectivity index (χ2v) is 9.58. The van der Waals surface area contributed by atoms with Crippen LogP contribution in [0.2, 0.25) is 0 Å². The van der Waals surface area contributed by atoms with Crippen molar-refractivity contribution in [2.45, 2.75) is 11.7 Å². The van der Waals surface area contributed by atoms with Crippen molar-refractivity contribution < 1.29 is 13.6 Å². The van der Waals surface area contributed by atoms with Crippen LogP contribution in [0.1, 0.15) is 4.88 Å². The summed E-state index contributed by atoms with van der Waals surface area (Å²) in [5, 5.41) is 14.9. The number of hydrogen-bond acceptors (Lipinski definition) is 7. The van der Waals surface area contributed by atoms with Crippen molar-refractivity contribution in [2.24, 2.45) is 0 Å². The first-order valence-electron chi connectivity index (χ1n) is 9.26. The third-order valence-electron chi connectivity index (χ3n) is 4.61. The van der Waals surface area contributed by atoms with Gasteiger partial charge in [-0.2, -0.15) is 0 Å². The molecule has 1 aromatic carbocycles. The smallest absolute Gasteiger partial charge is 0.273 e. The normalized spacial score (nSPS) is 11.4. The van der Waals surface area contributed by atoms with Crippen molar-refractivity contribution in [1.29, 1.82) is 0 Å². The predicted octanol–water partition coefficient (Wildman–Crippen LogP) is 4.22. The summed E-state index contributed by atoms with van der Waals surface area (Å²) >= 11 is 3.95. The zero-order valence-electron chi connectivity index (χ0n) is 16.1. The van der Waals surface area contributed by atoms with Crippen LogP contribution in [0.25, 0.3) is 16.0 Å². The maximum Gasteiger partial charge on any atom is 0.273 e. The van der Waals surface area contributed by atoms with Gasteiger partial charge in [0, 0.05) is 10.9 Å². The number of carbonyl (C=O) groups excluding carboxylic acids is 1. The molecule has 0 fully saturated rings. The number of benzene rings is 1. The number of halogens is 2. The fraction of sp³-hybridized carbons (Fsp3) is 0.100. The first-order valence-corrected chi connectivity index (χ1v) is 12.0. The third kappa shape index (κ3) is 3.80. The van der Waals surface area contributed by atoms with E-state index in [2.05, 4.69) is 15.5 Å². The number of anilines is 1. The highest BCUT2D eigenvalue weighted by atomic mass is 32.2. The Bertz CT molecular complexity index is 1510. The Morgan fingerprint density at radius 1 is 1.12 bits per heavy atom. The van der Waals surface area contributed by atoms with E-state index in [4.69, 9.17) is 0 Å². The van der Waals surface area contributed by atoms with Crippen molar-refractivity contribution in [2.75, 3.05) is 11.1 Å². The van der Waals surface area contributed by atoms with Gasteiger partial charge < -0.3 is 5.32 Å². The average Bonchev–Trinajstić information content (AvgIpc) is 3.52. The van der Waals surface area contributed by atoms with E-state index < -0.39 is 17.5 Å². The molecule has 0 radical (unpaired) electrons. The minimum Gasteiger partial charge on any atom is -0.323 e. The lowest BCUT2D eigenvalue weighted by Gasteiger charge is -2.09. The van der Waals surface area contributed by atoms with E-state index in [1.54, 1.807) is 15.0 Å². The SMILES string of the molecule is O=C(CSc1nnc2n(Cc3cccs3)c(=O)c3sccc3n12)Nc1cc(F)ccc1F. The monoisotopic (exact) mass is 489 g/mol. The van der Waals surface area contributed by atoms with Gasteiger partial charge in [0.05, 0.1) is 23.5 Å². The topological polar surface area (TPSA) is 81.3 Å². The van der Waals surface area contributed by atoms with Gasteiger partial charge in [0.25, 0.3) is 5.56 Å². The van der Waals surface area contributed by atoms with Crippen LogP contribution < -0.4 is 10.9 Å². The van der Waals surface area contributed by atoms with Gasteiger partial charge in [-0.3, -0.25) is 18.6 Å². The van der Waals surface area contributed by atoms with Crippen molar-refractivity contribution in [3.63, 3.8) is 0 Å². The van der Waals surface area contributed by atoms with Gasteiger partial charge in [-0.1, -0.05) is 17.8 Å². The van der Waals surface area contributed by atoms with Crippen molar-refractivity contribution in [1.82, 2.24) is 19.2 Å². The summed E-state index contributed by atoms with van der Waals surface area (Å²) in [6.07, 6.45) is 0. The van der Waals surface area contributed by atoms with Crippen molar-refractivity contribution in [3.8, 4) is 0 Å². The third-order valence-corrected chi connectivity index (χ3v) is 7.29. The van der Waals surface area contributed by atoms with Crippen LogP contribution in [0, 0.1) is 11.6 Å². The van der Waals surface area contributed by atoms with E-state index in [9.17, 15) is 18.4 Å². The molecular weight excluding hydrogens is 476 g/mol. The molecule has 5 aromatic rings. The largest absolute Gasteiger partial charge is 0.323 e. The Labute approximate surface area is 191 Å². The number of thiophene rings is 2. The molecule has 1 N–H and O–H groups in total. The van der Waals surface area contributed by atoms with Crippen LogP contribution in [0.5, 0.6) is 0 Å². The molecular formula is C20H13F2N5O2S3. The van der Waals surface area contributed by atoms with E-state index in [-0.39, 0.29) is 17.0 Å². The summed E-state index contributed by atoms with van der Waals surface area (Å²) < 4.78 is 31.0. The summed E-state index contributed by atoms with van der Waals surface area (Å²) in [5.41, 5.74) is 0.271. The van der Waals surface area contributed by atoms with Gasteiger partial charge in [-0.25, -0.2) is 8.78 Å². The first kappa shape index (κ1) is 20.8. The Hall–Kier alpha value is -3.09. The zero-order valence-corrected chi connectivity index (χ0v) is 18.6. The predicted molar refractivity (Wildman–Crippen MR) is 122 cm³/mol. The number of hydrogen-bond donors (Lipinski definition) is 1. The summed E-state index contributed by atoms with van der Waals surface area (Å²) in [7, 11) is 0. The van der Waals surface area contributed by atoms with Crippen molar-refractivity contribution in [3.05, 3.63) is 74.0 Å². The van der Waals surface area contributed by atoms with Gasteiger partial charge >= 0.3 is 0 Å². The molecule has 0 aliphatic carbocycles. The number of thioether (sulfide) groups is 1. The van der Waals surface area contributed by atoms with E-state index in [0.717, 1.165) is 34.8 Å². The van der Waals surface area contributed by atoms with Gasteiger partial charge in [-0.15, -0.1) is 32.9 Å². The van der Waals surface area contributed by atoms with Gasteiger partial charge in [-0.05, 0) is 35.0 Å². The molecule has 32 heavy (non-hydrogen) atoms. The number of amides is 1. The molecule has 0 bridgehead atoms. The standard InChI is InChI=1S/C20H13F2N5O2S3/c21-11-3-4-13(22)14(8-11)23-16(28)10-32-20-25-24-19-26(9-12-2-1-6-30-12)18(29)17-15(27(19)20)5-7-31-17/h1-8H,9-10H2,(H,23,28). The number of carbonyl (C=O) groups is 1.